The highest BCUT2D eigenvalue weighted by atomic mass is 16.5. The molecule has 1 atom stereocenters. The number of anilines is 2. The van der Waals surface area contributed by atoms with Crippen molar-refractivity contribution < 1.29 is 9.53 Å². The molecule has 20 heavy (non-hydrogen) atoms. The molecule has 5 nitrogen and oxygen atoms in total. The molecule has 0 radical (unpaired) electrons. The molecule has 2 rings (SSSR count). The summed E-state index contributed by atoms with van der Waals surface area (Å²) in [5.74, 6) is 0.419. The Morgan fingerprint density at radius 3 is 3.05 bits per heavy atom. The molecule has 1 aliphatic heterocycles. The fourth-order valence-corrected chi connectivity index (χ4v) is 2.38. The molecule has 4 N–H and O–H groups in total. The van der Waals surface area contributed by atoms with Crippen LogP contribution in [0.5, 0.6) is 0 Å². The molecule has 0 spiro atoms. The van der Waals surface area contributed by atoms with Crippen molar-refractivity contribution >= 4 is 17.3 Å². The number of carbonyl (C=O) groups is 1. The smallest absolute Gasteiger partial charge is 0.253 e. The summed E-state index contributed by atoms with van der Waals surface area (Å²) in [6.07, 6.45) is 2.26. The molecule has 1 aromatic carbocycles. The molecule has 0 saturated carbocycles. The number of benzene rings is 1. The van der Waals surface area contributed by atoms with Crippen molar-refractivity contribution in [3.8, 4) is 0 Å². The van der Waals surface area contributed by atoms with Crippen molar-refractivity contribution in [3.63, 3.8) is 0 Å². The van der Waals surface area contributed by atoms with Crippen molar-refractivity contribution in [1.29, 1.82) is 0 Å². The molecule has 1 aliphatic rings. The van der Waals surface area contributed by atoms with Gasteiger partial charge in [-0.1, -0.05) is 0 Å². The molecular formula is C15H23N3O2. The number of hydrogen-bond donors (Lipinski definition) is 3. The van der Waals surface area contributed by atoms with Gasteiger partial charge < -0.3 is 21.1 Å². The second-order valence-corrected chi connectivity index (χ2v) is 5.13. The summed E-state index contributed by atoms with van der Waals surface area (Å²) in [5.41, 5.74) is 7.90. The van der Waals surface area contributed by atoms with E-state index in [0.717, 1.165) is 38.3 Å². The van der Waals surface area contributed by atoms with Crippen LogP contribution in [0.2, 0.25) is 0 Å². The molecule has 0 aromatic heterocycles. The lowest BCUT2D eigenvalue weighted by Gasteiger charge is -2.23. The van der Waals surface area contributed by atoms with E-state index in [1.54, 1.807) is 12.1 Å². The fourth-order valence-electron chi connectivity index (χ4n) is 2.38. The Hall–Kier alpha value is -1.75. The quantitative estimate of drug-likeness (QED) is 0.718. The van der Waals surface area contributed by atoms with Gasteiger partial charge in [-0.3, -0.25) is 4.79 Å². The Morgan fingerprint density at radius 1 is 1.50 bits per heavy atom. The standard InChI is InChI=1S/C15H23N3O2/c1-2-17-15(19)13-6-5-12(16)8-14(13)18-9-11-4-3-7-20-10-11/h5-6,8,11,18H,2-4,7,9-10,16H2,1H3,(H,17,19). The predicted molar refractivity (Wildman–Crippen MR) is 80.9 cm³/mol. The minimum atomic E-state index is -0.0742. The predicted octanol–water partition coefficient (Wildman–Crippen LogP) is 1.86. The van der Waals surface area contributed by atoms with E-state index in [0.29, 0.717) is 23.7 Å². The van der Waals surface area contributed by atoms with E-state index < -0.39 is 0 Å². The second kappa shape index (κ2) is 7.14. The van der Waals surface area contributed by atoms with Crippen LogP contribution in [0.25, 0.3) is 0 Å². The lowest BCUT2D eigenvalue weighted by molar-refractivity contribution is 0.0595. The van der Waals surface area contributed by atoms with Crippen molar-refractivity contribution in [1.82, 2.24) is 5.32 Å². The van der Waals surface area contributed by atoms with Crippen molar-refractivity contribution in [2.45, 2.75) is 19.8 Å². The Labute approximate surface area is 119 Å². The minimum absolute atomic E-state index is 0.0742. The van der Waals surface area contributed by atoms with Gasteiger partial charge in [0.1, 0.15) is 0 Å². The zero-order chi connectivity index (χ0) is 14.4. The summed E-state index contributed by atoms with van der Waals surface area (Å²) in [7, 11) is 0. The van der Waals surface area contributed by atoms with Gasteiger partial charge in [-0.2, -0.15) is 0 Å². The maximum atomic E-state index is 12.0. The van der Waals surface area contributed by atoms with Crippen LogP contribution in [-0.4, -0.2) is 32.2 Å². The number of nitrogen functional groups attached to an aromatic ring is 1. The number of ether oxygens (including phenoxy) is 1. The largest absolute Gasteiger partial charge is 0.399 e. The zero-order valence-corrected chi connectivity index (χ0v) is 11.9. The van der Waals surface area contributed by atoms with E-state index in [4.69, 9.17) is 10.5 Å². The Kier molecular flexibility index (Phi) is 5.24. The van der Waals surface area contributed by atoms with Gasteiger partial charge in [-0.25, -0.2) is 0 Å². The summed E-state index contributed by atoms with van der Waals surface area (Å²) in [6.45, 7) is 4.96. The van der Waals surface area contributed by atoms with Crippen LogP contribution in [0, 0.1) is 5.92 Å². The summed E-state index contributed by atoms with van der Waals surface area (Å²) < 4.78 is 5.47. The van der Waals surface area contributed by atoms with Gasteiger partial charge in [0.25, 0.3) is 5.91 Å². The molecule has 1 unspecified atom stereocenters. The highest BCUT2D eigenvalue weighted by Crippen LogP contribution is 2.21. The van der Waals surface area contributed by atoms with Gasteiger partial charge in [0, 0.05) is 31.1 Å². The maximum Gasteiger partial charge on any atom is 0.253 e. The van der Waals surface area contributed by atoms with Gasteiger partial charge in [0.05, 0.1) is 12.2 Å². The number of nitrogens with one attached hydrogen (secondary N) is 2. The lowest BCUT2D eigenvalue weighted by atomic mass is 10.0. The van der Waals surface area contributed by atoms with E-state index in [1.165, 1.54) is 0 Å². The third-order valence-corrected chi connectivity index (χ3v) is 3.46. The summed E-state index contributed by atoms with van der Waals surface area (Å²) in [4.78, 5) is 12.0. The average Bonchev–Trinajstić information content (AvgIpc) is 2.46. The van der Waals surface area contributed by atoms with E-state index in [2.05, 4.69) is 10.6 Å². The Balaban J connectivity index is 2.04. The van der Waals surface area contributed by atoms with Crippen LogP contribution in [0.4, 0.5) is 11.4 Å². The first-order chi connectivity index (χ1) is 9.70. The van der Waals surface area contributed by atoms with Crippen LogP contribution < -0.4 is 16.4 Å². The van der Waals surface area contributed by atoms with Gasteiger partial charge >= 0.3 is 0 Å². The van der Waals surface area contributed by atoms with Crippen molar-refractivity contribution in [3.05, 3.63) is 23.8 Å². The molecule has 1 aromatic rings. The third-order valence-electron chi connectivity index (χ3n) is 3.46. The topological polar surface area (TPSA) is 76.4 Å². The summed E-state index contributed by atoms with van der Waals surface area (Å²) >= 11 is 0. The monoisotopic (exact) mass is 277 g/mol. The highest BCUT2D eigenvalue weighted by molar-refractivity contribution is 6.00. The van der Waals surface area contributed by atoms with Gasteiger partial charge in [-0.15, -0.1) is 0 Å². The van der Waals surface area contributed by atoms with Crippen LogP contribution in [-0.2, 0) is 4.74 Å². The van der Waals surface area contributed by atoms with Crippen LogP contribution >= 0.6 is 0 Å². The normalized spacial score (nSPS) is 18.6. The molecule has 1 saturated heterocycles. The first kappa shape index (κ1) is 14.7. The SMILES string of the molecule is CCNC(=O)c1ccc(N)cc1NCC1CCCOC1. The Bertz CT molecular complexity index is 456. The van der Waals surface area contributed by atoms with E-state index in [-0.39, 0.29) is 5.91 Å². The summed E-state index contributed by atoms with van der Waals surface area (Å²) in [5, 5.41) is 6.16. The molecule has 1 heterocycles. The van der Waals surface area contributed by atoms with Crippen molar-refractivity contribution in [2.75, 3.05) is 37.4 Å². The molecule has 0 bridgehead atoms. The molecular weight excluding hydrogens is 254 g/mol. The van der Waals surface area contributed by atoms with E-state index in [1.807, 2.05) is 13.0 Å². The third kappa shape index (κ3) is 3.87. The minimum Gasteiger partial charge on any atom is -0.399 e. The molecule has 1 fully saturated rings. The fraction of sp³-hybridized carbons (Fsp3) is 0.533. The van der Waals surface area contributed by atoms with Gasteiger partial charge in [0.15, 0.2) is 0 Å². The molecule has 1 amide bonds. The number of nitrogens with two attached hydrogens (primary N) is 1. The van der Waals surface area contributed by atoms with Crippen LogP contribution in [0.3, 0.4) is 0 Å². The first-order valence-electron chi connectivity index (χ1n) is 7.20. The first-order valence-corrected chi connectivity index (χ1v) is 7.20. The average molecular weight is 277 g/mol. The second-order valence-electron chi connectivity index (χ2n) is 5.13. The van der Waals surface area contributed by atoms with Crippen molar-refractivity contribution in [2.24, 2.45) is 5.92 Å². The van der Waals surface area contributed by atoms with Crippen LogP contribution in [0.1, 0.15) is 30.1 Å². The van der Waals surface area contributed by atoms with E-state index in [9.17, 15) is 4.79 Å². The van der Waals surface area contributed by atoms with Crippen LogP contribution in [0.15, 0.2) is 18.2 Å². The van der Waals surface area contributed by atoms with E-state index >= 15 is 0 Å². The van der Waals surface area contributed by atoms with Gasteiger partial charge in [-0.05, 0) is 43.9 Å². The lowest BCUT2D eigenvalue weighted by Crippen LogP contribution is -2.27. The maximum absolute atomic E-state index is 12.0. The molecule has 0 aliphatic carbocycles. The number of rotatable bonds is 5. The highest BCUT2D eigenvalue weighted by Gasteiger charge is 2.16. The number of carbonyl (C=O) groups excluding carboxylic acids is 1. The number of hydrogen-bond acceptors (Lipinski definition) is 4. The molecule has 110 valence electrons. The van der Waals surface area contributed by atoms with Gasteiger partial charge in [0.2, 0.25) is 0 Å². The Morgan fingerprint density at radius 2 is 2.35 bits per heavy atom. The number of amides is 1. The summed E-state index contributed by atoms with van der Waals surface area (Å²) in [6, 6.07) is 5.33. The molecule has 5 heteroatoms. The zero-order valence-electron chi connectivity index (χ0n) is 11.9.